The molecule has 0 bridgehead atoms. The van der Waals surface area contributed by atoms with Crippen molar-refractivity contribution in [3.05, 3.63) is 63.6 Å². The molecule has 0 spiro atoms. The fourth-order valence-electron chi connectivity index (χ4n) is 3.01. The standard InChI is InChI=1S/C20H25BrN2O2/c1-24-20-7-6-19(21)12-18(20)14-22-13-16-2-4-17(5-3-16)15-23-8-10-25-11-9-23/h2-7,12,22H,8-11,13-15H2,1H3. The van der Waals surface area contributed by atoms with Crippen LogP contribution in [0.3, 0.4) is 0 Å². The maximum Gasteiger partial charge on any atom is 0.123 e. The zero-order valence-electron chi connectivity index (χ0n) is 14.6. The largest absolute Gasteiger partial charge is 0.496 e. The molecule has 25 heavy (non-hydrogen) atoms. The van der Waals surface area contributed by atoms with Gasteiger partial charge in [0.25, 0.3) is 0 Å². The number of morpholine rings is 1. The van der Waals surface area contributed by atoms with Gasteiger partial charge in [0.1, 0.15) is 5.75 Å². The molecule has 0 aliphatic carbocycles. The van der Waals surface area contributed by atoms with Crippen LogP contribution in [0.15, 0.2) is 46.9 Å². The number of methoxy groups -OCH3 is 1. The number of nitrogens with one attached hydrogen (secondary N) is 1. The van der Waals surface area contributed by atoms with Crippen molar-refractivity contribution in [2.75, 3.05) is 33.4 Å². The van der Waals surface area contributed by atoms with Gasteiger partial charge in [-0.05, 0) is 29.3 Å². The summed E-state index contributed by atoms with van der Waals surface area (Å²) in [4.78, 5) is 2.44. The van der Waals surface area contributed by atoms with E-state index in [9.17, 15) is 0 Å². The van der Waals surface area contributed by atoms with E-state index in [2.05, 4.69) is 56.5 Å². The highest BCUT2D eigenvalue weighted by Crippen LogP contribution is 2.22. The minimum absolute atomic E-state index is 0.776. The number of rotatable bonds is 7. The first-order valence-electron chi connectivity index (χ1n) is 8.65. The Balaban J connectivity index is 1.49. The second kappa shape index (κ2) is 9.34. The third-order valence-electron chi connectivity index (χ3n) is 4.42. The Morgan fingerprint density at radius 1 is 1.04 bits per heavy atom. The van der Waals surface area contributed by atoms with Crippen LogP contribution in [0.25, 0.3) is 0 Å². The zero-order valence-corrected chi connectivity index (χ0v) is 16.2. The Kier molecular flexibility index (Phi) is 6.87. The van der Waals surface area contributed by atoms with E-state index in [0.29, 0.717) is 0 Å². The van der Waals surface area contributed by atoms with E-state index in [1.54, 1.807) is 7.11 Å². The number of hydrogen-bond acceptors (Lipinski definition) is 4. The molecule has 1 saturated heterocycles. The van der Waals surface area contributed by atoms with E-state index in [0.717, 1.165) is 61.7 Å². The van der Waals surface area contributed by atoms with Crippen LogP contribution in [0.1, 0.15) is 16.7 Å². The van der Waals surface area contributed by atoms with E-state index < -0.39 is 0 Å². The monoisotopic (exact) mass is 404 g/mol. The molecule has 0 amide bonds. The van der Waals surface area contributed by atoms with Crippen molar-refractivity contribution >= 4 is 15.9 Å². The molecule has 1 N–H and O–H groups in total. The molecule has 1 fully saturated rings. The highest BCUT2D eigenvalue weighted by Gasteiger charge is 2.10. The predicted molar refractivity (Wildman–Crippen MR) is 104 cm³/mol. The molecule has 0 saturated carbocycles. The first-order valence-corrected chi connectivity index (χ1v) is 9.45. The third kappa shape index (κ3) is 5.54. The quantitative estimate of drug-likeness (QED) is 0.764. The van der Waals surface area contributed by atoms with Crippen molar-refractivity contribution in [3.8, 4) is 5.75 Å². The van der Waals surface area contributed by atoms with E-state index in [4.69, 9.17) is 9.47 Å². The van der Waals surface area contributed by atoms with Crippen molar-refractivity contribution in [3.63, 3.8) is 0 Å². The van der Waals surface area contributed by atoms with E-state index >= 15 is 0 Å². The van der Waals surface area contributed by atoms with Crippen LogP contribution in [-0.2, 0) is 24.4 Å². The van der Waals surface area contributed by atoms with Gasteiger partial charge in [0.2, 0.25) is 0 Å². The van der Waals surface area contributed by atoms with E-state index in [-0.39, 0.29) is 0 Å². The predicted octanol–water partition coefficient (Wildman–Crippen LogP) is 3.58. The van der Waals surface area contributed by atoms with Crippen LogP contribution in [-0.4, -0.2) is 38.3 Å². The molecule has 1 heterocycles. The number of nitrogens with zero attached hydrogens (tertiary/aromatic N) is 1. The smallest absolute Gasteiger partial charge is 0.123 e. The lowest BCUT2D eigenvalue weighted by molar-refractivity contribution is 0.0342. The summed E-state index contributed by atoms with van der Waals surface area (Å²) < 4.78 is 11.9. The lowest BCUT2D eigenvalue weighted by Gasteiger charge is -2.26. The Labute approximate surface area is 158 Å². The summed E-state index contributed by atoms with van der Waals surface area (Å²) in [5.41, 5.74) is 3.81. The van der Waals surface area contributed by atoms with Crippen molar-refractivity contribution in [1.82, 2.24) is 10.2 Å². The van der Waals surface area contributed by atoms with Crippen molar-refractivity contribution in [1.29, 1.82) is 0 Å². The van der Waals surface area contributed by atoms with Gasteiger partial charge >= 0.3 is 0 Å². The highest BCUT2D eigenvalue weighted by molar-refractivity contribution is 9.10. The number of hydrogen-bond donors (Lipinski definition) is 1. The van der Waals surface area contributed by atoms with Crippen molar-refractivity contribution < 1.29 is 9.47 Å². The van der Waals surface area contributed by atoms with Gasteiger partial charge < -0.3 is 14.8 Å². The fourth-order valence-corrected chi connectivity index (χ4v) is 3.42. The van der Waals surface area contributed by atoms with Crippen LogP contribution in [0, 0.1) is 0 Å². The van der Waals surface area contributed by atoms with Crippen LogP contribution >= 0.6 is 15.9 Å². The molecule has 0 atom stereocenters. The topological polar surface area (TPSA) is 33.7 Å². The van der Waals surface area contributed by atoms with Crippen molar-refractivity contribution in [2.24, 2.45) is 0 Å². The van der Waals surface area contributed by atoms with Gasteiger partial charge in [-0.3, -0.25) is 4.90 Å². The normalized spacial score (nSPS) is 15.3. The maximum absolute atomic E-state index is 5.42. The Morgan fingerprint density at radius 3 is 2.48 bits per heavy atom. The third-order valence-corrected chi connectivity index (χ3v) is 4.91. The molecule has 1 aliphatic rings. The molecule has 0 radical (unpaired) electrons. The zero-order chi connectivity index (χ0) is 17.5. The number of halogens is 1. The molecule has 2 aromatic carbocycles. The average molecular weight is 405 g/mol. The molecular weight excluding hydrogens is 380 g/mol. The van der Waals surface area contributed by atoms with Gasteiger partial charge in [-0.15, -0.1) is 0 Å². The summed E-state index contributed by atoms with van der Waals surface area (Å²) in [5, 5.41) is 3.49. The van der Waals surface area contributed by atoms with Gasteiger partial charge in [0, 0.05) is 42.8 Å². The van der Waals surface area contributed by atoms with E-state index in [1.807, 2.05) is 12.1 Å². The van der Waals surface area contributed by atoms with Crippen LogP contribution in [0.5, 0.6) is 5.75 Å². The average Bonchev–Trinajstić information content (AvgIpc) is 2.64. The Hall–Kier alpha value is -1.40. The molecule has 0 unspecified atom stereocenters. The summed E-state index contributed by atoms with van der Waals surface area (Å²) in [7, 11) is 1.71. The lowest BCUT2D eigenvalue weighted by Crippen LogP contribution is -2.35. The molecule has 1 aliphatic heterocycles. The van der Waals surface area contributed by atoms with Gasteiger partial charge in [0.15, 0.2) is 0 Å². The second-order valence-electron chi connectivity index (χ2n) is 6.26. The lowest BCUT2D eigenvalue weighted by atomic mass is 10.1. The molecular formula is C20H25BrN2O2. The maximum atomic E-state index is 5.42. The van der Waals surface area contributed by atoms with Crippen LogP contribution < -0.4 is 10.1 Å². The first kappa shape index (κ1) is 18.4. The fraction of sp³-hybridized carbons (Fsp3) is 0.400. The number of ether oxygens (including phenoxy) is 2. The van der Waals surface area contributed by atoms with Gasteiger partial charge in [-0.25, -0.2) is 0 Å². The SMILES string of the molecule is COc1ccc(Br)cc1CNCc1ccc(CN2CCOCC2)cc1. The molecule has 134 valence electrons. The molecule has 5 heteroatoms. The van der Waals surface area contributed by atoms with Gasteiger partial charge in [-0.2, -0.15) is 0 Å². The molecule has 0 aromatic heterocycles. The first-order chi connectivity index (χ1) is 12.2. The van der Waals surface area contributed by atoms with E-state index in [1.165, 1.54) is 11.1 Å². The van der Waals surface area contributed by atoms with Crippen LogP contribution in [0.2, 0.25) is 0 Å². The Morgan fingerprint density at radius 2 is 1.76 bits per heavy atom. The summed E-state index contributed by atoms with van der Waals surface area (Å²) in [6.07, 6.45) is 0. The van der Waals surface area contributed by atoms with Crippen LogP contribution in [0.4, 0.5) is 0 Å². The summed E-state index contributed by atoms with van der Waals surface area (Å²) >= 11 is 3.52. The van der Waals surface area contributed by atoms with Gasteiger partial charge in [-0.1, -0.05) is 40.2 Å². The minimum Gasteiger partial charge on any atom is -0.496 e. The molecule has 2 aromatic rings. The molecule has 4 nitrogen and oxygen atoms in total. The number of benzene rings is 2. The summed E-state index contributed by atoms with van der Waals surface area (Å²) in [6.45, 7) is 6.37. The Bertz CT molecular complexity index is 670. The summed E-state index contributed by atoms with van der Waals surface area (Å²) in [6, 6.07) is 15.0. The van der Waals surface area contributed by atoms with Gasteiger partial charge in [0.05, 0.1) is 20.3 Å². The highest BCUT2D eigenvalue weighted by atomic mass is 79.9. The second-order valence-corrected chi connectivity index (χ2v) is 7.18. The minimum atomic E-state index is 0.776. The summed E-state index contributed by atoms with van der Waals surface area (Å²) in [5.74, 6) is 0.913. The van der Waals surface area contributed by atoms with Crippen molar-refractivity contribution in [2.45, 2.75) is 19.6 Å². The molecule has 3 rings (SSSR count).